The number of hydrogen-bond acceptors (Lipinski definition) is 10. The van der Waals surface area contributed by atoms with Crippen molar-refractivity contribution in [2.24, 2.45) is 4.99 Å². The molecule has 1 amide bonds. The van der Waals surface area contributed by atoms with Gasteiger partial charge in [-0.1, -0.05) is 12.1 Å². The number of anilines is 1. The number of aromatic nitrogens is 4. The molecule has 56 heavy (non-hydrogen) atoms. The third-order valence-corrected chi connectivity index (χ3v) is 6.10. The van der Waals surface area contributed by atoms with Gasteiger partial charge in [-0.2, -0.15) is 52.7 Å². The second kappa shape index (κ2) is 18.5. The topological polar surface area (TPSA) is 164 Å². The number of carbonyl (C=O) groups excluding carboxylic acids is 3. The molecule has 24 heteroatoms. The van der Waals surface area contributed by atoms with E-state index in [-0.39, 0.29) is 25.4 Å². The van der Waals surface area contributed by atoms with Crippen molar-refractivity contribution in [1.82, 2.24) is 19.9 Å². The summed E-state index contributed by atoms with van der Waals surface area (Å²) in [6.07, 6.45) is -17.3. The van der Waals surface area contributed by atoms with E-state index in [4.69, 9.17) is 4.99 Å². The fourth-order valence-corrected chi connectivity index (χ4v) is 3.75. The molecule has 5 rings (SSSR count). The van der Waals surface area contributed by atoms with Gasteiger partial charge in [0.15, 0.2) is 5.84 Å². The molecule has 0 saturated heterocycles. The summed E-state index contributed by atoms with van der Waals surface area (Å²) >= 11 is 0. The second-order valence-corrected chi connectivity index (χ2v) is 9.98. The Kier molecular flexibility index (Phi) is 15.2. The molecule has 0 bridgehead atoms. The van der Waals surface area contributed by atoms with Gasteiger partial charge >= 0.3 is 44.2 Å². The van der Waals surface area contributed by atoms with Gasteiger partial charge in [0, 0.05) is 24.8 Å². The quantitative estimate of drug-likeness (QED) is 0.111. The molecule has 0 aromatic carbocycles. The van der Waals surface area contributed by atoms with E-state index in [1.807, 2.05) is 30.3 Å². The molecule has 0 fully saturated rings. The maximum atomic E-state index is 13.6. The third-order valence-electron chi connectivity index (χ3n) is 6.10. The molecule has 0 aliphatic carbocycles. The molecule has 290 valence electrons. The molecule has 1 aliphatic rings. The predicted molar refractivity (Wildman–Crippen MR) is 159 cm³/mol. The van der Waals surface area contributed by atoms with Gasteiger partial charge in [0.1, 0.15) is 22.8 Å². The van der Waals surface area contributed by atoms with E-state index in [2.05, 4.69) is 19.9 Å². The molecular weight excluding hydrogens is 842 g/mol. The number of allylic oxidation sites excluding steroid dienone is 4. The van der Waals surface area contributed by atoms with Gasteiger partial charge in [-0.25, -0.2) is 4.99 Å². The zero-order valence-corrected chi connectivity index (χ0v) is 30.2. The van der Waals surface area contributed by atoms with Crippen molar-refractivity contribution in [3.63, 3.8) is 0 Å². The Bertz CT molecular complexity index is 2050. The normalized spacial score (nSPS) is 13.1. The standard InChI is InChI=1S/C22H14N6O.2C5H2F6O2.Zn/c29-22(17-8-2-4-12-24-17)28-18-10-6-14-26-20(18)19-15(9-5-13-25-19)27-21(28)16-7-1-3-11-23-16;2*6-4(7,8)2(12)1-3(13)5(9,10)11;/h1-14H;2*1,12H;/q;;;+2/p-2/b;2*2-1-;. The van der Waals surface area contributed by atoms with Crippen LogP contribution in [0.5, 0.6) is 0 Å². The van der Waals surface area contributed by atoms with Crippen LogP contribution < -0.4 is 15.1 Å². The molecule has 0 spiro atoms. The number of ketones is 2. The van der Waals surface area contributed by atoms with Gasteiger partial charge < -0.3 is 10.2 Å². The van der Waals surface area contributed by atoms with Crippen LogP contribution in [0.15, 0.2) is 114 Å². The van der Waals surface area contributed by atoms with Crippen LogP contribution >= 0.6 is 0 Å². The largest absolute Gasteiger partial charge is 2.00 e. The first-order valence-corrected chi connectivity index (χ1v) is 14.2. The average molecular weight is 858 g/mol. The third kappa shape index (κ3) is 12.5. The molecule has 5 heterocycles. The van der Waals surface area contributed by atoms with Gasteiger partial charge in [0.05, 0.1) is 11.4 Å². The van der Waals surface area contributed by atoms with E-state index in [1.54, 1.807) is 55.1 Å². The Morgan fingerprint density at radius 1 is 0.554 bits per heavy atom. The summed E-state index contributed by atoms with van der Waals surface area (Å²) < 4.78 is 136. The monoisotopic (exact) mass is 856 g/mol. The minimum Gasteiger partial charge on any atom is -0.869 e. The van der Waals surface area contributed by atoms with Gasteiger partial charge in [-0.3, -0.25) is 39.2 Å². The molecule has 0 saturated carbocycles. The molecule has 11 nitrogen and oxygen atoms in total. The SMILES string of the molecule is O=C(/C=C(\[O-])C(F)(F)F)C(F)(F)F.O=C(/C=C(\[O-])C(F)(F)F)C(F)(F)F.O=C(c1ccccn1)N1C(c2ccccn2)=Nc2cccnc2-c2ncccc21.[Zn+2]. The fourth-order valence-electron chi connectivity index (χ4n) is 3.75. The smallest absolute Gasteiger partial charge is 0.869 e. The molecular formula is C32H16F12N6O5Zn. The second-order valence-electron chi connectivity index (χ2n) is 9.98. The Morgan fingerprint density at radius 3 is 1.46 bits per heavy atom. The summed E-state index contributed by atoms with van der Waals surface area (Å²) in [6.45, 7) is 0. The molecule has 0 unspecified atom stereocenters. The number of hydrogen-bond donors (Lipinski definition) is 0. The first-order chi connectivity index (χ1) is 25.4. The molecule has 4 aromatic rings. The number of pyridine rings is 4. The minimum absolute atomic E-state index is 0. The minimum atomic E-state index is -5.46. The Labute approximate surface area is 317 Å². The van der Waals surface area contributed by atoms with E-state index in [0.29, 0.717) is 40.0 Å². The number of carbonyl (C=O) groups is 3. The van der Waals surface area contributed by atoms with Crippen molar-refractivity contribution in [1.29, 1.82) is 0 Å². The molecule has 0 atom stereocenters. The predicted octanol–water partition coefficient (Wildman–Crippen LogP) is 5.52. The number of rotatable bonds is 4. The number of nitrogens with zero attached hydrogens (tertiary/aromatic N) is 6. The van der Waals surface area contributed by atoms with Crippen molar-refractivity contribution in [3.8, 4) is 11.4 Å². The van der Waals surface area contributed by atoms with Gasteiger partial charge in [0.2, 0.25) is 0 Å². The number of fused-ring (bicyclic) bond motifs is 3. The maximum Gasteiger partial charge on any atom is 2.00 e. The van der Waals surface area contributed by atoms with Gasteiger partial charge in [-0.05, 0) is 72.2 Å². The first kappa shape index (κ1) is 46.1. The number of aliphatic imine (C=N–C) groups is 1. The van der Waals surface area contributed by atoms with Crippen molar-refractivity contribution in [3.05, 3.63) is 121 Å². The summed E-state index contributed by atoms with van der Waals surface area (Å²) in [7, 11) is 0. The number of amidine groups is 1. The fraction of sp³-hybridized carbons (Fsp3) is 0.125. The zero-order valence-electron chi connectivity index (χ0n) is 27.2. The molecule has 4 aromatic heterocycles. The van der Waals surface area contributed by atoms with E-state index < -0.39 is 59.9 Å². The summed E-state index contributed by atoms with van der Waals surface area (Å²) in [5.74, 6) is -11.2. The number of alkyl halides is 12. The van der Waals surface area contributed by atoms with E-state index in [9.17, 15) is 77.3 Å². The van der Waals surface area contributed by atoms with Crippen LogP contribution in [-0.2, 0) is 29.1 Å². The Balaban J connectivity index is 0.000000338. The van der Waals surface area contributed by atoms with Crippen LogP contribution in [0.3, 0.4) is 0 Å². The summed E-state index contributed by atoms with van der Waals surface area (Å²) in [4.78, 5) is 57.1. The summed E-state index contributed by atoms with van der Waals surface area (Å²) in [5.41, 5.74) is 3.22. The maximum absolute atomic E-state index is 13.6. The number of halogens is 12. The van der Waals surface area contributed by atoms with Crippen molar-refractivity contribution in [2.75, 3.05) is 4.90 Å². The number of amides is 1. The van der Waals surface area contributed by atoms with E-state index in [0.717, 1.165) is 0 Å². The summed E-state index contributed by atoms with van der Waals surface area (Å²) in [6, 6.07) is 17.9. The van der Waals surface area contributed by atoms with Crippen LogP contribution in [0.4, 0.5) is 64.1 Å². The molecule has 1 aliphatic heterocycles. The first-order valence-electron chi connectivity index (χ1n) is 14.2. The van der Waals surface area contributed by atoms with Crippen LogP contribution in [-0.4, -0.2) is 68.0 Å². The van der Waals surface area contributed by atoms with Crippen molar-refractivity contribution < 1.29 is 96.8 Å². The average Bonchev–Trinajstić information content (AvgIpc) is 3.26. The van der Waals surface area contributed by atoms with E-state index in [1.165, 1.54) is 4.90 Å². The zero-order chi connectivity index (χ0) is 41.4. The van der Waals surface area contributed by atoms with Crippen LogP contribution in [0.2, 0.25) is 0 Å². The Morgan fingerprint density at radius 2 is 1.02 bits per heavy atom. The van der Waals surface area contributed by atoms with Crippen LogP contribution in [0.25, 0.3) is 11.4 Å². The van der Waals surface area contributed by atoms with Crippen LogP contribution in [0, 0.1) is 0 Å². The van der Waals surface area contributed by atoms with Gasteiger partial charge in [0.25, 0.3) is 17.5 Å². The van der Waals surface area contributed by atoms with Crippen molar-refractivity contribution in [2.45, 2.75) is 24.7 Å². The molecule has 0 N–H and O–H groups in total. The van der Waals surface area contributed by atoms with E-state index >= 15 is 0 Å². The van der Waals surface area contributed by atoms with Crippen molar-refractivity contribution >= 4 is 34.7 Å². The van der Waals surface area contributed by atoms with Crippen LogP contribution in [0.1, 0.15) is 16.2 Å². The van der Waals surface area contributed by atoms with Gasteiger partial charge in [-0.15, -0.1) is 0 Å². The summed E-state index contributed by atoms with van der Waals surface area (Å²) in [5, 5.41) is 19.6. The Hall–Kier alpha value is -6.06. The molecule has 0 radical (unpaired) electrons.